The molecule has 0 fully saturated rings. The van der Waals surface area contributed by atoms with Crippen molar-refractivity contribution in [3.05, 3.63) is 29.8 Å². The highest BCUT2D eigenvalue weighted by Gasteiger charge is 1.98. The van der Waals surface area contributed by atoms with Crippen LogP contribution in [-0.4, -0.2) is 14.1 Å². The Morgan fingerprint density at radius 2 is 1.92 bits per heavy atom. The number of nitriles is 1. The molecular formula is C11H10N2. The zero-order chi connectivity index (χ0) is 9.68. The first-order valence-electron chi connectivity index (χ1n) is 3.92. The maximum absolute atomic E-state index is 8.32. The normalized spacial score (nSPS) is 8.08. The van der Waals surface area contributed by atoms with Gasteiger partial charge in [0.1, 0.15) is 0 Å². The van der Waals surface area contributed by atoms with E-state index in [2.05, 4.69) is 11.8 Å². The average molecular weight is 170 g/mol. The minimum atomic E-state index is 0.883. The first-order valence-corrected chi connectivity index (χ1v) is 3.92. The third-order valence-corrected chi connectivity index (χ3v) is 1.64. The molecule has 64 valence electrons. The van der Waals surface area contributed by atoms with Gasteiger partial charge in [-0.25, -0.2) is 0 Å². The predicted octanol–water partition coefficient (Wildman–Crippen LogP) is 1.63. The number of rotatable bonds is 1. The van der Waals surface area contributed by atoms with Crippen LogP contribution in [0.2, 0.25) is 0 Å². The van der Waals surface area contributed by atoms with E-state index in [9.17, 15) is 0 Å². The molecule has 2 heteroatoms. The molecule has 0 amide bonds. The van der Waals surface area contributed by atoms with Gasteiger partial charge in [0.15, 0.2) is 6.07 Å². The Bertz CT molecular complexity index is 389. The SMILES string of the molecule is CN(C)c1ccccc1C#CC#N. The van der Waals surface area contributed by atoms with Gasteiger partial charge in [-0.15, -0.1) is 0 Å². The number of hydrogen-bond acceptors (Lipinski definition) is 2. The zero-order valence-electron chi connectivity index (χ0n) is 7.70. The van der Waals surface area contributed by atoms with Crippen LogP contribution in [0.5, 0.6) is 0 Å². The molecule has 0 N–H and O–H groups in total. The second-order valence-corrected chi connectivity index (χ2v) is 2.77. The van der Waals surface area contributed by atoms with Crippen molar-refractivity contribution in [1.29, 1.82) is 5.26 Å². The molecule has 1 aromatic rings. The van der Waals surface area contributed by atoms with Crippen molar-refractivity contribution in [3.8, 4) is 17.9 Å². The van der Waals surface area contributed by atoms with Crippen molar-refractivity contribution in [2.45, 2.75) is 0 Å². The minimum Gasteiger partial charge on any atom is -0.377 e. The highest BCUT2D eigenvalue weighted by Crippen LogP contribution is 2.15. The van der Waals surface area contributed by atoms with Crippen molar-refractivity contribution in [3.63, 3.8) is 0 Å². The summed E-state index contributed by atoms with van der Waals surface area (Å²) in [6.45, 7) is 0. The van der Waals surface area contributed by atoms with Crippen molar-refractivity contribution >= 4 is 5.69 Å². The Kier molecular flexibility index (Phi) is 2.95. The number of benzene rings is 1. The van der Waals surface area contributed by atoms with E-state index in [0.717, 1.165) is 11.3 Å². The Balaban J connectivity index is 3.14. The van der Waals surface area contributed by atoms with Crippen LogP contribution in [0.15, 0.2) is 24.3 Å². The molecule has 0 radical (unpaired) electrons. The van der Waals surface area contributed by atoms with Gasteiger partial charge in [-0.05, 0) is 18.1 Å². The number of anilines is 1. The Labute approximate surface area is 78.4 Å². The van der Waals surface area contributed by atoms with E-state index in [1.54, 1.807) is 6.07 Å². The predicted molar refractivity (Wildman–Crippen MR) is 53.3 cm³/mol. The molecule has 0 aliphatic carbocycles. The molecule has 0 saturated carbocycles. The molecule has 0 aliphatic heterocycles. The maximum Gasteiger partial charge on any atom is 0.152 e. The molecule has 0 aliphatic rings. The fourth-order valence-corrected chi connectivity index (χ4v) is 1.06. The lowest BCUT2D eigenvalue weighted by Crippen LogP contribution is -2.09. The van der Waals surface area contributed by atoms with E-state index < -0.39 is 0 Å². The molecule has 1 rings (SSSR count). The van der Waals surface area contributed by atoms with E-state index in [1.165, 1.54) is 0 Å². The minimum absolute atomic E-state index is 0.883. The fraction of sp³-hybridized carbons (Fsp3) is 0.182. The van der Waals surface area contributed by atoms with Crippen molar-refractivity contribution < 1.29 is 0 Å². The monoisotopic (exact) mass is 170 g/mol. The summed E-state index contributed by atoms with van der Waals surface area (Å²) in [5.74, 6) is 5.18. The van der Waals surface area contributed by atoms with E-state index in [4.69, 9.17) is 5.26 Å². The third-order valence-electron chi connectivity index (χ3n) is 1.64. The van der Waals surface area contributed by atoms with E-state index in [0.29, 0.717) is 0 Å². The standard InChI is InChI=1S/C11H10N2/c1-13(2)11-8-4-3-6-10(11)7-5-9-12/h3-4,6,8H,1-2H3. The van der Waals surface area contributed by atoms with Crippen LogP contribution in [-0.2, 0) is 0 Å². The van der Waals surface area contributed by atoms with Gasteiger partial charge in [-0.1, -0.05) is 12.1 Å². The van der Waals surface area contributed by atoms with Gasteiger partial charge in [0.05, 0.1) is 5.69 Å². The molecule has 0 aromatic heterocycles. The molecule has 0 bridgehead atoms. The molecule has 0 atom stereocenters. The second-order valence-electron chi connectivity index (χ2n) is 2.77. The van der Waals surface area contributed by atoms with Crippen molar-refractivity contribution in [2.75, 3.05) is 19.0 Å². The first-order chi connectivity index (χ1) is 6.25. The molecule has 1 aromatic carbocycles. The summed E-state index contributed by atoms with van der Waals surface area (Å²) in [6.07, 6.45) is 0. The van der Waals surface area contributed by atoms with Crippen LogP contribution < -0.4 is 4.90 Å². The summed E-state index contributed by atoms with van der Waals surface area (Å²) < 4.78 is 0. The lowest BCUT2D eigenvalue weighted by Gasteiger charge is -2.13. The number of para-hydroxylation sites is 1. The van der Waals surface area contributed by atoms with Crippen LogP contribution in [0.1, 0.15) is 5.56 Å². The molecular weight excluding hydrogens is 160 g/mol. The highest BCUT2D eigenvalue weighted by molar-refractivity contribution is 5.60. The molecule has 2 nitrogen and oxygen atoms in total. The van der Waals surface area contributed by atoms with Crippen LogP contribution in [0, 0.1) is 23.2 Å². The lowest BCUT2D eigenvalue weighted by molar-refractivity contribution is 1.13. The lowest BCUT2D eigenvalue weighted by atomic mass is 10.2. The van der Waals surface area contributed by atoms with Gasteiger partial charge in [0, 0.05) is 25.6 Å². The zero-order valence-corrected chi connectivity index (χ0v) is 7.70. The van der Waals surface area contributed by atoms with Crippen molar-refractivity contribution in [2.24, 2.45) is 0 Å². The van der Waals surface area contributed by atoms with Crippen LogP contribution in [0.25, 0.3) is 0 Å². The largest absolute Gasteiger partial charge is 0.377 e. The van der Waals surface area contributed by atoms with E-state index in [-0.39, 0.29) is 0 Å². The van der Waals surface area contributed by atoms with Crippen LogP contribution >= 0.6 is 0 Å². The third kappa shape index (κ3) is 2.25. The van der Waals surface area contributed by atoms with Gasteiger partial charge in [-0.2, -0.15) is 5.26 Å². The van der Waals surface area contributed by atoms with E-state index >= 15 is 0 Å². The summed E-state index contributed by atoms with van der Waals surface area (Å²) in [4.78, 5) is 1.97. The Hall–Kier alpha value is -1.93. The Morgan fingerprint density at radius 3 is 2.54 bits per heavy atom. The highest BCUT2D eigenvalue weighted by atomic mass is 15.1. The number of hydrogen-bond donors (Lipinski definition) is 0. The van der Waals surface area contributed by atoms with Crippen LogP contribution in [0.3, 0.4) is 0 Å². The maximum atomic E-state index is 8.32. The van der Waals surface area contributed by atoms with Crippen LogP contribution in [0.4, 0.5) is 5.69 Å². The topological polar surface area (TPSA) is 27.0 Å². The average Bonchev–Trinajstić information content (AvgIpc) is 2.15. The summed E-state index contributed by atoms with van der Waals surface area (Å²) in [7, 11) is 3.90. The van der Waals surface area contributed by atoms with E-state index in [1.807, 2.05) is 43.3 Å². The smallest absolute Gasteiger partial charge is 0.152 e. The Morgan fingerprint density at radius 1 is 1.23 bits per heavy atom. The fourth-order valence-electron chi connectivity index (χ4n) is 1.06. The summed E-state index contributed by atoms with van der Waals surface area (Å²) in [6, 6.07) is 9.54. The quantitative estimate of drug-likeness (QED) is 0.599. The van der Waals surface area contributed by atoms with Gasteiger partial charge in [-0.3, -0.25) is 0 Å². The number of nitrogens with zero attached hydrogens (tertiary/aromatic N) is 2. The molecule has 13 heavy (non-hydrogen) atoms. The van der Waals surface area contributed by atoms with Gasteiger partial charge in [0.2, 0.25) is 0 Å². The van der Waals surface area contributed by atoms with Gasteiger partial charge in [0.25, 0.3) is 0 Å². The summed E-state index contributed by atoms with van der Waals surface area (Å²) >= 11 is 0. The summed E-state index contributed by atoms with van der Waals surface area (Å²) in [5.41, 5.74) is 1.92. The van der Waals surface area contributed by atoms with Gasteiger partial charge >= 0.3 is 0 Å². The molecule has 0 saturated heterocycles. The molecule has 0 unspecified atom stereocenters. The summed E-state index contributed by atoms with van der Waals surface area (Å²) in [5, 5.41) is 8.32. The molecule has 0 spiro atoms. The van der Waals surface area contributed by atoms with Crippen molar-refractivity contribution in [1.82, 2.24) is 0 Å². The van der Waals surface area contributed by atoms with Gasteiger partial charge < -0.3 is 4.90 Å². The first kappa shape index (κ1) is 9.16. The molecule has 0 heterocycles. The second kappa shape index (κ2) is 4.18.